The van der Waals surface area contributed by atoms with Crippen molar-refractivity contribution in [2.45, 2.75) is 23.6 Å². The summed E-state index contributed by atoms with van der Waals surface area (Å²) in [5.74, 6) is 0. The minimum Gasteiger partial charge on any atom is -0.218 e. The minimum atomic E-state index is -3.94. The summed E-state index contributed by atoms with van der Waals surface area (Å²) in [6.07, 6.45) is 0. The zero-order valence-electron chi connectivity index (χ0n) is 11.0. The SMILES string of the molecule is Cc1ccc(Cl)c(Cl)c1S(=O)(=O)c1c(C)ccc(Cl)c1Cl. The quantitative estimate of drug-likeness (QED) is 0.661. The van der Waals surface area contributed by atoms with Crippen LogP contribution in [0.3, 0.4) is 0 Å². The molecule has 0 heterocycles. The summed E-state index contributed by atoms with van der Waals surface area (Å²) in [6, 6.07) is 6.28. The molecule has 7 heteroatoms. The summed E-state index contributed by atoms with van der Waals surface area (Å²) < 4.78 is 25.9. The zero-order chi connectivity index (χ0) is 15.9. The van der Waals surface area contributed by atoms with Crippen molar-refractivity contribution in [2.24, 2.45) is 0 Å². The molecule has 0 aliphatic carbocycles. The normalized spacial score (nSPS) is 11.7. The number of hydrogen-bond donors (Lipinski definition) is 0. The van der Waals surface area contributed by atoms with Gasteiger partial charge in [-0.15, -0.1) is 0 Å². The molecule has 2 aromatic rings. The largest absolute Gasteiger partial charge is 0.218 e. The lowest BCUT2D eigenvalue weighted by atomic mass is 10.2. The Kier molecular flexibility index (Phi) is 4.81. The Morgan fingerprint density at radius 1 is 0.714 bits per heavy atom. The summed E-state index contributed by atoms with van der Waals surface area (Å²) in [6.45, 7) is 3.28. The molecular formula is C14H10Cl4O2S. The van der Waals surface area contributed by atoms with Crippen molar-refractivity contribution in [2.75, 3.05) is 0 Å². The number of benzene rings is 2. The molecule has 0 radical (unpaired) electrons. The second kappa shape index (κ2) is 5.98. The van der Waals surface area contributed by atoms with Crippen LogP contribution in [0, 0.1) is 13.8 Å². The number of sulfone groups is 1. The van der Waals surface area contributed by atoms with Gasteiger partial charge in [0.15, 0.2) is 0 Å². The highest BCUT2D eigenvalue weighted by atomic mass is 35.5. The van der Waals surface area contributed by atoms with Gasteiger partial charge < -0.3 is 0 Å². The van der Waals surface area contributed by atoms with Crippen LogP contribution in [-0.2, 0) is 9.84 Å². The van der Waals surface area contributed by atoms with Gasteiger partial charge in [0.2, 0.25) is 9.84 Å². The molecule has 2 nitrogen and oxygen atoms in total. The van der Waals surface area contributed by atoms with E-state index in [1.54, 1.807) is 38.1 Å². The molecule has 0 aliphatic rings. The molecule has 0 saturated heterocycles. The first-order chi connectivity index (χ1) is 9.67. The first-order valence-electron chi connectivity index (χ1n) is 5.82. The molecule has 0 saturated carbocycles. The van der Waals surface area contributed by atoms with Gasteiger partial charge in [0, 0.05) is 0 Å². The van der Waals surface area contributed by atoms with Gasteiger partial charge in [-0.1, -0.05) is 58.5 Å². The van der Waals surface area contributed by atoms with Crippen molar-refractivity contribution >= 4 is 56.2 Å². The third-order valence-corrected chi connectivity index (χ3v) is 6.99. The molecule has 0 fully saturated rings. The fourth-order valence-electron chi connectivity index (χ4n) is 2.02. The Morgan fingerprint density at radius 3 is 1.38 bits per heavy atom. The number of hydrogen-bond acceptors (Lipinski definition) is 2. The van der Waals surface area contributed by atoms with Crippen LogP contribution in [0.15, 0.2) is 34.1 Å². The Morgan fingerprint density at radius 2 is 1.05 bits per heavy atom. The van der Waals surface area contributed by atoms with Crippen LogP contribution >= 0.6 is 46.4 Å². The summed E-state index contributed by atoms with van der Waals surface area (Å²) in [4.78, 5) is -0.104. The summed E-state index contributed by atoms with van der Waals surface area (Å²) in [5.41, 5.74) is 0.972. The van der Waals surface area contributed by atoms with Gasteiger partial charge in [0.05, 0.1) is 29.9 Å². The van der Waals surface area contributed by atoms with Gasteiger partial charge in [0.25, 0.3) is 0 Å². The van der Waals surface area contributed by atoms with Crippen molar-refractivity contribution in [1.29, 1.82) is 0 Å². The van der Waals surface area contributed by atoms with Crippen molar-refractivity contribution in [3.8, 4) is 0 Å². The molecule has 0 amide bonds. The Hall–Kier alpha value is -0.450. The average Bonchev–Trinajstić information content (AvgIpc) is 2.39. The lowest BCUT2D eigenvalue weighted by Gasteiger charge is -2.14. The molecular weight excluding hydrogens is 374 g/mol. The maximum atomic E-state index is 12.9. The third-order valence-electron chi connectivity index (χ3n) is 3.03. The van der Waals surface area contributed by atoms with E-state index >= 15 is 0 Å². The van der Waals surface area contributed by atoms with E-state index in [0.29, 0.717) is 11.1 Å². The predicted molar refractivity (Wildman–Crippen MR) is 87.8 cm³/mol. The highest BCUT2D eigenvalue weighted by Crippen LogP contribution is 2.40. The highest BCUT2D eigenvalue weighted by molar-refractivity contribution is 7.91. The van der Waals surface area contributed by atoms with E-state index in [9.17, 15) is 8.42 Å². The zero-order valence-corrected chi connectivity index (χ0v) is 14.9. The molecule has 0 N–H and O–H groups in total. The van der Waals surface area contributed by atoms with Crippen molar-refractivity contribution in [1.82, 2.24) is 0 Å². The van der Waals surface area contributed by atoms with Crippen molar-refractivity contribution in [3.05, 3.63) is 55.5 Å². The van der Waals surface area contributed by atoms with E-state index in [-0.39, 0.29) is 29.9 Å². The number of halogens is 4. The van der Waals surface area contributed by atoms with Gasteiger partial charge in [-0.05, 0) is 37.1 Å². The van der Waals surface area contributed by atoms with Crippen molar-refractivity contribution < 1.29 is 8.42 Å². The molecule has 112 valence electrons. The van der Waals surface area contributed by atoms with E-state index in [2.05, 4.69) is 0 Å². The van der Waals surface area contributed by atoms with E-state index in [0.717, 1.165) is 0 Å². The molecule has 0 spiro atoms. The van der Waals surface area contributed by atoms with Gasteiger partial charge >= 0.3 is 0 Å². The second-order valence-corrected chi connectivity index (χ2v) is 7.91. The Balaban J connectivity index is 2.88. The number of rotatable bonds is 2. The van der Waals surface area contributed by atoms with Crippen LogP contribution in [0.25, 0.3) is 0 Å². The van der Waals surface area contributed by atoms with Crippen molar-refractivity contribution in [3.63, 3.8) is 0 Å². The second-order valence-electron chi connectivity index (χ2n) is 4.52. The Labute approximate surface area is 143 Å². The number of aryl methyl sites for hydroxylation is 2. The molecule has 0 bridgehead atoms. The minimum absolute atomic E-state index is 0.0212. The molecule has 21 heavy (non-hydrogen) atoms. The predicted octanol–water partition coefficient (Wildman–Crippen LogP) is 5.75. The summed E-state index contributed by atoms with van der Waals surface area (Å²) in [5, 5.41) is 0.285. The van der Waals surface area contributed by atoms with E-state index in [1.165, 1.54) is 0 Å². The lowest BCUT2D eigenvalue weighted by Crippen LogP contribution is -2.08. The van der Waals surface area contributed by atoms with E-state index in [4.69, 9.17) is 46.4 Å². The van der Waals surface area contributed by atoms with Crippen LogP contribution in [0.4, 0.5) is 0 Å². The average molecular weight is 384 g/mol. The van der Waals surface area contributed by atoms with Crippen LogP contribution in [-0.4, -0.2) is 8.42 Å². The van der Waals surface area contributed by atoms with Gasteiger partial charge in [0.1, 0.15) is 0 Å². The summed E-state index contributed by atoms with van der Waals surface area (Å²) in [7, 11) is -3.94. The fourth-order valence-corrected chi connectivity index (χ4v) is 5.36. The monoisotopic (exact) mass is 382 g/mol. The van der Waals surface area contributed by atoms with E-state index in [1.807, 2.05) is 0 Å². The maximum Gasteiger partial charge on any atom is 0.210 e. The van der Waals surface area contributed by atoms with Crippen LogP contribution in [0.1, 0.15) is 11.1 Å². The molecule has 0 aromatic heterocycles. The smallest absolute Gasteiger partial charge is 0.210 e. The molecule has 0 aliphatic heterocycles. The third kappa shape index (κ3) is 2.90. The maximum absolute atomic E-state index is 12.9. The molecule has 0 atom stereocenters. The van der Waals surface area contributed by atoms with Gasteiger partial charge in [-0.2, -0.15) is 0 Å². The van der Waals surface area contributed by atoms with Crippen LogP contribution in [0.2, 0.25) is 20.1 Å². The van der Waals surface area contributed by atoms with Gasteiger partial charge in [-0.25, -0.2) is 8.42 Å². The Bertz CT molecular complexity index is 766. The molecule has 2 rings (SSSR count). The fraction of sp³-hybridized carbons (Fsp3) is 0.143. The topological polar surface area (TPSA) is 34.1 Å². The summed E-state index contributed by atoms with van der Waals surface area (Å²) >= 11 is 24.0. The lowest BCUT2D eigenvalue weighted by molar-refractivity contribution is 0.595. The standard InChI is InChI=1S/C14H10Cl4O2S/c1-7-3-5-9(15)11(17)13(7)21(19,20)14-8(2)4-6-10(16)12(14)18/h3-6H,1-2H3. The van der Waals surface area contributed by atoms with Crippen LogP contribution in [0.5, 0.6) is 0 Å². The molecule has 0 unspecified atom stereocenters. The highest BCUT2D eigenvalue weighted by Gasteiger charge is 2.29. The molecule has 2 aromatic carbocycles. The van der Waals surface area contributed by atoms with Gasteiger partial charge in [-0.3, -0.25) is 0 Å². The van der Waals surface area contributed by atoms with Crippen LogP contribution < -0.4 is 0 Å². The first kappa shape index (κ1) is 16.9. The first-order valence-corrected chi connectivity index (χ1v) is 8.81. The van der Waals surface area contributed by atoms with E-state index < -0.39 is 9.84 Å².